The first-order valence-corrected chi connectivity index (χ1v) is 5.26. The number of nitriles is 1. The first-order valence-electron chi connectivity index (χ1n) is 5.26. The molecule has 0 saturated heterocycles. The second-order valence-corrected chi connectivity index (χ2v) is 4.41. The van der Waals surface area contributed by atoms with Gasteiger partial charge in [-0.2, -0.15) is 5.26 Å². The van der Waals surface area contributed by atoms with E-state index in [2.05, 4.69) is 30.9 Å². The molecule has 0 radical (unpaired) electrons. The maximum atomic E-state index is 9.02. The highest BCUT2D eigenvalue weighted by molar-refractivity contribution is 5.60. The lowest BCUT2D eigenvalue weighted by Gasteiger charge is -2.22. The van der Waals surface area contributed by atoms with Crippen LogP contribution < -0.4 is 4.90 Å². The fourth-order valence-electron chi connectivity index (χ4n) is 1.70. The quantitative estimate of drug-likeness (QED) is 0.753. The Kier molecular flexibility index (Phi) is 3.74. The molecule has 0 heterocycles. The minimum atomic E-state index is 0.599. The summed E-state index contributed by atoms with van der Waals surface area (Å²) in [5.41, 5.74) is 2.98. The fraction of sp³-hybridized carbons (Fsp3) is 0.462. The van der Waals surface area contributed by atoms with Gasteiger partial charge in [0.1, 0.15) is 6.07 Å². The fourth-order valence-corrected chi connectivity index (χ4v) is 1.70. The maximum Gasteiger partial charge on any atom is 0.101 e. The standard InChI is InChI=1S/C13H18N2/c1-10(2)9-15(4)13-7-11(3)5-6-12(13)8-14/h5-7,10H,9H2,1-4H3. The first kappa shape index (κ1) is 11.6. The van der Waals surface area contributed by atoms with Crippen LogP contribution in [0, 0.1) is 24.2 Å². The van der Waals surface area contributed by atoms with Crippen LogP contribution in [0.3, 0.4) is 0 Å². The normalized spacial score (nSPS) is 10.1. The van der Waals surface area contributed by atoms with Crippen molar-refractivity contribution in [2.75, 3.05) is 18.5 Å². The third kappa shape index (κ3) is 2.99. The van der Waals surface area contributed by atoms with E-state index in [4.69, 9.17) is 5.26 Å². The Morgan fingerprint density at radius 1 is 1.40 bits per heavy atom. The second-order valence-electron chi connectivity index (χ2n) is 4.41. The predicted octanol–water partition coefficient (Wildman–Crippen LogP) is 2.96. The Balaban J connectivity index is 3.01. The SMILES string of the molecule is Cc1ccc(C#N)c(N(C)CC(C)C)c1. The van der Waals surface area contributed by atoms with Gasteiger partial charge in [-0.25, -0.2) is 0 Å². The van der Waals surface area contributed by atoms with E-state index in [0.717, 1.165) is 17.8 Å². The van der Waals surface area contributed by atoms with Crippen molar-refractivity contribution in [2.45, 2.75) is 20.8 Å². The summed E-state index contributed by atoms with van der Waals surface area (Å²) in [4.78, 5) is 2.15. The van der Waals surface area contributed by atoms with Crippen molar-refractivity contribution in [1.29, 1.82) is 5.26 Å². The van der Waals surface area contributed by atoms with E-state index in [1.807, 2.05) is 26.1 Å². The Labute approximate surface area is 92.1 Å². The van der Waals surface area contributed by atoms with Gasteiger partial charge in [0.05, 0.1) is 11.3 Å². The van der Waals surface area contributed by atoms with Gasteiger partial charge in [0.25, 0.3) is 0 Å². The Bertz CT molecular complexity index is 375. The minimum Gasteiger partial charge on any atom is -0.373 e. The van der Waals surface area contributed by atoms with E-state index in [1.165, 1.54) is 5.56 Å². The highest BCUT2D eigenvalue weighted by Gasteiger charge is 2.08. The Hall–Kier alpha value is -1.49. The van der Waals surface area contributed by atoms with E-state index in [9.17, 15) is 0 Å². The third-order valence-corrected chi connectivity index (χ3v) is 2.32. The zero-order valence-corrected chi connectivity index (χ0v) is 9.91. The summed E-state index contributed by atoms with van der Waals surface area (Å²) in [5, 5.41) is 9.02. The van der Waals surface area contributed by atoms with E-state index < -0.39 is 0 Å². The van der Waals surface area contributed by atoms with Crippen LogP contribution in [0.5, 0.6) is 0 Å². The van der Waals surface area contributed by atoms with Gasteiger partial charge in [-0.1, -0.05) is 19.9 Å². The zero-order valence-electron chi connectivity index (χ0n) is 9.91. The average Bonchev–Trinajstić information content (AvgIpc) is 2.16. The lowest BCUT2D eigenvalue weighted by atomic mass is 10.1. The smallest absolute Gasteiger partial charge is 0.101 e. The molecule has 1 rings (SSSR count). The van der Waals surface area contributed by atoms with Crippen LogP contribution in [0.4, 0.5) is 5.69 Å². The molecule has 1 aromatic carbocycles. The maximum absolute atomic E-state index is 9.02. The summed E-state index contributed by atoms with van der Waals surface area (Å²) in [7, 11) is 2.04. The summed E-state index contributed by atoms with van der Waals surface area (Å²) in [6, 6.07) is 8.17. The number of aryl methyl sites for hydroxylation is 1. The highest BCUT2D eigenvalue weighted by atomic mass is 15.1. The number of anilines is 1. The van der Waals surface area contributed by atoms with Crippen molar-refractivity contribution in [1.82, 2.24) is 0 Å². The minimum absolute atomic E-state index is 0.599. The predicted molar refractivity (Wildman–Crippen MR) is 64.0 cm³/mol. The monoisotopic (exact) mass is 202 g/mol. The molecule has 0 unspecified atom stereocenters. The molecule has 15 heavy (non-hydrogen) atoms. The van der Waals surface area contributed by atoms with Gasteiger partial charge in [0, 0.05) is 13.6 Å². The largest absolute Gasteiger partial charge is 0.373 e. The summed E-state index contributed by atoms with van der Waals surface area (Å²) >= 11 is 0. The molecule has 0 fully saturated rings. The molecule has 0 atom stereocenters. The first-order chi connectivity index (χ1) is 7.04. The van der Waals surface area contributed by atoms with Crippen LogP contribution in [0.1, 0.15) is 25.0 Å². The van der Waals surface area contributed by atoms with Crippen molar-refractivity contribution >= 4 is 5.69 Å². The molecule has 0 aliphatic carbocycles. The second kappa shape index (κ2) is 4.84. The van der Waals surface area contributed by atoms with Gasteiger partial charge in [-0.3, -0.25) is 0 Å². The van der Waals surface area contributed by atoms with E-state index in [0.29, 0.717) is 5.92 Å². The zero-order chi connectivity index (χ0) is 11.4. The van der Waals surface area contributed by atoms with Crippen molar-refractivity contribution < 1.29 is 0 Å². The van der Waals surface area contributed by atoms with Crippen LogP contribution in [0.2, 0.25) is 0 Å². The molecule has 2 nitrogen and oxygen atoms in total. The van der Waals surface area contributed by atoms with Gasteiger partial charge in [0.15, 0.2) is 0 Å². The lowest BCUT2D eigenvalue weighted by molar-refractivity contribution is 0.638. The van der Waals surface area contributed by atoms with Crippen molar-refractivity contribution in [3.63, 3.8) is 0 Å². The molecular formula is C13H18N2. The molecule has 0 spiro atoms. The number of nitrogens with zero attached hydrogens (tertiary/aromatic N) is 2. The molecule has 0 bridgehead atoms. The van der Waals surface area contributed by atoms with Crippen LogP contribution in [0.25, 0.3) is 0 Å². The van der Waals surface area contributed by atoms with Crippen LogP contribution in [-0.2, 0) is 0 Å². The van der Waals surface area contributed by atoms with Gasteiger partial charge < -0.3 is 4.90 Å². The van der Waals surface area contributed by atoms with Gasteiger partial charge in [-0.05, 0) is 30.5 Å². The van der Waals surface area contributed by atoms with Crippen molar-refractivity contribution in [2.24, 2.45) is 5.92 Å². The van der Waals surface area contributed by atoms with E-state index in [1.54, 1.807) is 0 Å². The number of hydrogen-bond donors (Lipinski definition) is 0. The number of hydrogen-bond acceptors (Lipinski definition) is 2. The molecular weight excluding hydrogens is 184 g/mol. The van der Waals surface area contributed by atoms with Crippen molar-refractivity contribution in [3.05, 3.63) is 29.3 Å². The van der Waals surface area contributed by atoms with Gasteiger partial charge >= 0.3 is 0 Å². The molecule has 1 aromatic rings. The van der Waals surface area contributed by atoms with Crippen LogP contribution in [0.15, 0.2) is 18.2 Å². The molecule has 0 aromatic heterocycles. The molecule has 2 heteroatoms. The van der Waals surface area contributed by atoms with Gasteiger partial charge in [-0.15, -0.1) is 0 Å². The molecule has 80 valence electrons. The Morgan fingerprint density at radius 3 is 2.60 bits per heavy atom. The van der Waals surface area contributed by atoms with E-state index in [-0.39, 0.29) is 0 Å². The summed E-state index contributed by atoms with van der Waals surface area (Å²) in [5.74, 6) is 0.599. The molecule has 0 aliphatic rings. The highest BCUT2D eigenvalue weighted by Crippen LogP contribution is 2.21. The molecule has 0 aliphatic heterocycles. The average molecular weight is 202 g/mol. The number of rotatable bonds is 3. The molecule has 0 saturated carbocycles. The van der Waals surface area contributed by atoms with E-state index >= 15 is 0 Å². The topological polar surface area (TPSA) is 27.0 Å². The summed E-state index contributed by atoms with van der Waals surface area (Å²) in [6.07, 6.45) is 0. The van der Waals surface area contributed by atoms with Crippen LogP contribution in [-0.4, -0.2) is 13.6 Å². The third-order valence-electron chi connectivity index (χ3n) is 2.32. The van der Waals surface area contributed by atoms with Crippen LogP contribution >= 0.6 is 0 Å². The lowest BCUT2D eigenvalue weighted by Crippen LogP contribution is -2.23. The van der Waals surface area contributed by atoms with Gasteiger partial charge in [0.2, 0.25) is 0 Å². The molecule has 0 amide bonds. The van der Waals surface area contributed by atoms with Crippen molar-refractivity contribution in [3.8, 4) is 6.07 Å². The Morgan fingerprint density at radius 2 is 2.07 bits per heavy atom. The summed E-state index contributed by atoms with van der Waals surface area (Å²) < 4.78 is 0. The summed E-state index contributed by atoms with van der Waals surface area (Å²) in [6.45, 7) is 7.38. The number of benzene rings is 1. The molecule has 0 N–H and O–H groups in total.